The van der Waals surface area contributed by atoms with E-state index >= 15 is 0 Å². The predicted molar refractivity (Wildman–Crippen MR) is 105 cm³/mol. The van der Waals surface area contributed by atoms with Gasteiger partial charge in [0.1, 0.15) is 0 Å². The number of benzene rings is 1. The van der Waals surface area contributed by atoms with Gasteiger partial charge in [0.05, 0.1) is 23.5 Å². The highest BCUT2D eigenvalue weighted by Crippen LogP contribution is 2.27. The smallest absolute Gasteiger partial charge is 0.264 e. The molecule has 2 aromatic heterocycles. The molecule has 9 heteroatoms. The molecule has 1 atom stereocenters. The molecule has 8 nitrogen and oxygen atoms in total. The summed E-state index contributed by atoms with van der Waals surface area (Å²) < 4.78 is 1.54. The molecule has 3 aromatic rings. The van der Waals surface area contributed by atoms with Gasteiger partial charge in [-0.25, -0.2) is 9.78 Å². The Kier molecular flexibility index (Phi) is 4.97. The van der Waals surface area contributed by atoms with E-state index in [9.17, 15) is 9.59 Å². The number of carbonyl (C=O) groups is 1. The van der Waals surface area contributed by atoms with Gasteiger partial charge in [-0.05, 0) is 30.7 Å². The van der Waals surface area contributed by atoms with Crippen LogP contribution in [0.2, 0.25) is 5.02 Å². The lowest BCUT2D eigenvalue weighted by molar-refractivity contribution is 0.0633. The number of amides is 1. The van der Waals surface area contributed by atoms with Crippen molar-refractivity contribution in [2.45, 2.75) is 13.0 Å². The number of nitrogens with zero attached hydrogens (tertiary/aromatic N) is 4. The predicted octanol–water partition coefficient (Wildman–Crippen LogP) is 1.70. The van der Waals surface area contributed by atoms with Gasteiger partial charge in [0.25, 0.3) is 11.5 Å². The van der Waals surface area contributed by atoms with Crippen molar-refractivity contribution < 1.29 is 4.79 Å². The number of halogens is 1. The van der Waals surface area contributed by atoms with Gasteiger partial charge in [-0.2, -0.15) is 10.2 Å². The van der Waals surface area contributed by atoms with Crippen molar-refractivity contribution in [3.8, 4) is 5.82 Å². The summed E-state index contributed by atoms with van der Waals surface area (Å²) in [5, 5.41) is 14.6. The van der Waals surface area contributed by atoms with Gasteiger partial charge in [-0.3, -0.25) is 9.59 Å². The first-order chi connectivity index (χ1) is 13.5. The summed E-state index contributed by atoms with van der Waals surface area (Å²) in [7, 11) is 0. The highest BCUT2D eigenvalue weighted by molar-refractivity contribution is 6.30. The first kappa shape index (κ1) is 18.4. The molecule has 1 fully saturated rings. The summed E-state index contributed by atoms with van der Waals surface area (Å²) in [6, 6.07) is 10.4. The van der Waals surface area contributed by atoms with Crippen molar-refractivity contribution in [3.63, 3.8) is 0 Å². The van der Waals surface area contributed by atoms with Gasteiger partial charge < -0.3 is 10.2 Å². The average molecular weight is 399 g/mol. The SMILES string of the molecule is Cc1c(C(=O)N2CCNCC2c2cccc(Cl)c2)cnn1-c1ccc(=O)[nH]n1. The van der Waals surface area contributed by atoms with E-state index in [0.717, 1.165) is 12.1 Å². The number of hydrogen-bond acceptors (Lipinski definition) is 5. The fraction of sp³-hybridized carbons (Fsp3) is 0.263. The minimum Gasteiger partial charge on any atom is -0.329 e. The van der Waals surface area contributed by atoms with E-state index in [1.165, 1.54) is 6.07 Å². The number of nitrogens with one attached hydrogen (secondary N) is 2. The Labute approximate surface area is 166 Å². The Hall–Kier alpha value is -2.97. The summed E-state index contributed by atoms with van der Waals surface area (Å²) in [4.78, 5) is 26.4. The first-order valence-electron chi connectivity index (χ1n) is 8.92. The highest BCUT2D eigenvalue weighted by atomic mass is 35.5. The average Bonchev–Trinajstić information content (AvgIpc) is 3.09. The van der Waals surface area contributed by atoms with Crippen LogP contribution in [0.1, 0.15) is 27.7 Å². The maximum absolute atomic E-state index is 13.3. The molecule has 0 saturated carbocycles. The molecule has 2 N–H and O–H groups in total. The standard InChI is InChI=1S/C19H19ClN6O2/c1-12-15(10-22-26(12)17-5-6-18(27)24-23-17)19(28)25-8-7-21-11-16(25)13-3-2-4-14(20)9-13/h2-6,9-10,16,21H,7-8,11H2,1H3,(H,24,27). The number of aromatic amines is 1. The second-order valence-electron chi connectivity index (χ2n) is 6.61. The molecule has 0 bridgehead atoms. The summed E-state index contributed by atoms with van der Waals surface area (Å²) in [6.45, 7) is 3.76. The van der Waals surface area contributed by atoms with Crippen LogP contribution in [-0.4, -0.2) is 50.4 Å². The van der Waals surface area contributed by atoms with Crippen LogP contribution < -0.4 is 10.9 Å². The van der Waals surface area contributed by atoms with E-state index < -0.39 is 0 Å². The van der Waals surface area contributed by atoms with Gasteiger partial charge in [0.15, 0.2) is 5.82 Å². The first-order valence-corrected chi connectivity index (χ1v) is 9.30. The minimum atomic E-state index is -0.296. The monoisotopic (exact) mass is 398 g/mol. The van der Waals surface area contributed by atoms with Crippen LogP contribution in [0.15, 0.2) is 47.4 Å². The van der Waals surface area contributed by atoms with Gasteiger partial charge in [0, 0.05) is 30.7 Å². The number of carbonyl (C=O) groups excluding carboxylic acids is 1. The number of rotatable bonds is 3. The number of aromatic nitrogens is 4. The van der Waals surface area contributed by atoms with Crippen LogP contribution in [0.5, 0.6) is 0 Å². The molecule has 1 saturated heterocycles. The number of H-pyrrole nitrogens is 1. The van der Waals surface area contributed by atoms with E-state index in [-0.39, 0.29) is 17.5 Å². The Morgan fingerprint density at radius 2 is 2.14 bits per heavy atom. The van der Waals surface area contributed by atoms with E-state index in [1.54, 1.807) is 16.9 Å². The number of hydrogen-bond donors (Lipinski definition) is 2. The van der Waals surface area contributed by atoms with Crippen LogP contribution in [0.4, 0.5) is 0 Å². The van der Waals surface area contributed by atoms with Gasteiger partial charge >= 0.3 is 0 Å². The molecule has 1 aromatic carbocycles. The number of piperazine rings is 1. The quantitative estimate of drug-likeness (QED) is 0.700. The van der Waals surface area contributed by atoms with Crippen LogP contribution in [-0.2, 0) is 0 Å². The zero-order chi connectivity index (χ0) is 19.7. The Balaban J connectivity index is 1.66. The fourth-order valence-electron chi connectivity index (χ4n) is 3.42. The van der Waals surface area contributed by atoms with E-state index in [1.807, 2.05) is 36.1 Å². The maximum atomic E-state index is 13.3. The van der Waals surface area contributed by atoms with Crippen molar-refractivity contribution in [2.75, 3.05) is 19.6 Å². The minimum absolute atomic E-state index is 0.0975. The van der Waals surface area contributed by atoms with Gasteiger partial charge in [-0.1, -0.05) is 23.7 Å². The molecule has 1 aliphatic rings. The molecular formula is C19H19ClN6O2. The zero-order valence-corrected chi connectivity index (χ0v) is 16.0. The van der Waals surface area contributed by atoms with E-state index in [4.69, 9.17) is 11.6 Å². The van der Waals surface area contributed by atoms with E-state index in [0.29, 0.717) is 35.2 Å². The molecule has 144 valence electrons. The second-order valence-corrected chi connectivity index (χ2v) is 7.04. The molecule has 28 heavy (non-hydrogen) atoms. The highest BCUT2D eigenvalue weighted by Gasteiger charge is 2.30. The van der Waals surface area contributed by atoms with Gasteiger partial charge in [0.2, 0.25) is 0 Å². The molecule has 0 aliphatic carbocycles. The molecule has 0 spiro atoms. The zero-order valence-electron chi connectivity index (χ0n) is 15.2. The Morgan fingerprint density at radius 1 is 1.29 bits per heavy atom. The largest absolute Gasteiger partial charge is 0.329 e. The van der Waals surface area contributed by atoms with Crippen molar-refractivity contribution in [1.29, 1.82) is 0 Å². The summed E-state index contributed by atoms with van der Waals surface area (Å²) in [5.41, 5.74) is 1.85. The lowest BCUT2D eigenvalue weighted by Crippen LogP contribution is -2.48. The molecule has 1 amide bonds. The Morgan fingerprint density at radius 3 is 2.89 bits per heavy atom. The molecule has 4 rings (SSSR count). The molecule has 1 unspecified atom stereocenters. The van der Waals surface area contributed by atoms with Crippen LogP contribution in [0.3, 0.4) is 0 Å². The van der Waals surface area contributed by atoms with Crippen LogP contribution >= 0.6 is 11.6 Å². The lowest BCUT2D eigenvalue weighted by Gasteiger charge is -2.36. The van der Waals surface area contributed by atoms with Crippen LogP contribution in [0.25, 0.3) is 5.82 Å². The van der Waals surface area contributed by atoms with Crippen molar-refractivity contribution in [2.24, 2.45) is 0 Å². The third-order valence-corrected chi connectivity index (χ3v) is 5.09. The van der Waals surface area contributed by atoms with Crippen molar-refractivity contribution in [1.82, 2.24) is 30.2 Å². The molecule has 1 aliphatic heterocycles. The third kappa shape index (κ3) is 3.44. The third-order valence-electron chi connectivity index (χ3n) is 4.86. The molecule has 0 radical (unpaired) electrons. The lowest BCUT2D eigenvalue weighted by atomic mass is 10.0. The summed E-state index contributed by atoms with van der Waals surface area (Å²) in [5.74, 6) is 0.350. The van der Waals surface area contributed by atoms with Crippen LogP contribution in [0, 0.1) is 6.92 Å². The molecular weight excluding hydrogens is 380 g/mol. The molecule has 3 heterocycles. The van der Waals surface area contributed by atoms with Crippen molar-refractivity contribution in [3.05, 3.63) is 74.8 Å². The van der Waals surface area contributed by atoms with Gasteiger partial charge in [-0.15, -0.1) is 0 Å². The second kappa shape index (κ2) is 7.57. The maximum Gasteiger partial charge on any atom is 0.264 e. The summed E-state index contributed by atoms with van der Waals surface area (Å²) >= 11 is 6.15. The summed E-state index contributed by atoms with van der Waals surface area (Å²) in [6.07, 6.45) is 1.54. The normalized spacial score (nSPS) is 16.9. The Bertz CT molecular complexity index is 1060. The fourth-order valence-corrected chi connectivity index (χ4v) is 3.62. The topological polar surface area (TPSA) is 95.9 Å². The van der Waals surface area contributed by atoms with E-state index in [2.05, 4.69) is 20.6 Å². The van der Waals surface area contributed by atoms with Crippen molar-refractivity contribution >= 4 is 17.5 Å².